The number of carbonyl (C=O) groups excluding carboxylic acids is 3. The number of thiocarbonyl (C=S) groups is 1. The molecule has 0 atom stereocenters. The van der Waals surface area contributed by atoms with Crippen LogP contribution in [0, 0.1) is 6.92 Å². The van der Waals surface area contributed by atoms with E-state index in [2.05, 4.69) is 5.32 Å². The summed E-state index contributed by atoms with van der Waals surface area (Å²) >= 11 is 12.6. The maximum atomic E-state index is 14.0. The van der Waals surface area contributed by atoms with Crippen molar-refractivity contribution >= 4 is 80.3 Å². The summed E-state index contributed by atoms with van der Waals surface area (Å²) in [6.45, 7) is 1.45. The molecule has 1 aromatic heterocycles. The van der Waals surface area contributed by atoms with Crippen LogP contribution in [-0.2, 0) is 21.4 Å². The van der Waals surface area contributed by atoms with E-state index in [9.17, 15) is 19.2 Å². The Kier molecular flexibility index (Phi) is 7.09. The lowest BCUT2D eigenvalue weighted by Crippen LogP contribution is -2.36. The van der Waals surface area contributed by atoms with Gasteiger partial charge in [-0.05, 0) is 43.3 Å². The molecule has 6 rings (SSSR count). The van der Waals surface area contributed by atoms with Crippen molar-refractivity contribution in [2.24, 2.45) is 7.05 Å². The molecule has 9 nitrogen and oxygen atoms in total. The molecule has 0 bridgehead atoms. The van der Waals surface area contributed by atoms with E-state index in [-0.39, 0.29) is 27.0 Å². The first-order valence-corrected chi connectivity index (χ1v) is 14.4. The van der Waals surface area contributed by atoms with E-state index in [0.29, 0.717) is 33.3 Å². The van der Waals surface area contributed by atoms with Crippen molar-refractivity contribution in [3.05, 3.63) is 110 Å². The molecule has 0 saturated carbocycles. The van der Waals surface area contributed by atoms with Crippen LogP contribution < -0.4 is 20.7 Å². The maximum Gasteiger partial charge on any atom is 0.296 e. The molecular weight excluding hydrogens is 594 g/mol. The highest BCUT2D eigenvalue weighted by Crippen LogP contribution is 2.45. The average molecular weight is 616 g/mol. The van der Waals surface area contributed by atoms with Gasteiger partial charge in [-0.15, -0.1) is 0 Å². The molecule has 0 radical (unpaired) electrons. The van der Waals surface area contributed by atoms with Crippen molar-refractivity contribution in [3.8, 4) is 5.69 Å². The number of nitrogens with zero attached hydrogens (tertiary/aromatic N) is 4. The highest BCUT2D eigenvalue weighted by Gasteiger charge is 2.44. The van der Waals surface area contributed by atoms with Crippen LogP contribution >= 0.6 is 35.6 Å². The van der Waals surface area contributed by atoms with Gasteiger partial charge in [0.05, 0.1) is 27.5 Å². The molecule has 12 heteroatoms. The van der Waals surface area contributed by atoms with Crippen molar-refractivity contribution in [1.82, 2.24) is 9.36 Å². The second-order valence-corrected chi connectivity index (χ2v) is 11.7. The topological polar surface area (TPSA) is 96.7 Å². The summed E-state index contributed by atoms with van der Waals surface area (Å²) in [5.41, 5.74) is 2.50. The van der Waals surface area contributed by atoms with E-state index < -0.39 is 23.3 Å². The third kappa shape index (κ3) is 4.55. The number of halogens is 1. The van der Waals surface area contributed by atoms with Crippen molar-refractivity contribution in [2.45, 2.75) is 6.92 Å². The number of anilines is 3. The molecule has 2 aliphatic heterocycles. The van der Waals surface area contributed by atoms with Gasteiger partial charge in [-0.1, -0.05) is 78.0 Å². The Morgan fingerprint density at radius 3 is 2.40 bits per heavy atom. The Morgan fingerprint density at radius 2 is 1.67 bits per heavy atom. The van der Waals surface area contributed by atoms with Crippen LogP contribution in [0.4, 0.5) is 17.1 Å². The first kappa shape index (κ1) is 27.7. The van der Waals surface area contributed by atoms with Crippen LogP contribution in [0.3, 0.4) is 0 Å². The molecule has 3 aromatic carbocycles. The minimum atomic E-state index is -0.570. The highest BCUT2D eigenvalue weighted by atomic mass is 35.5. The summed E-state index contributed by atoms with van der Waals surface area (Å²) in [7, 11) is 1.73. The zero-order chi connectivity index (χ0) is 29.7. The molecular formula is C30H22ClN5O4S2. The lowest BCUT2D eigenvalue weighted by Gasteiger charge is -2.17. The summed E-state index contributed by atoms with van der Waals surface area (Å²) in [5, 5.41) is 3.21. The van der Waals surface area contributed by atoms with E-state index in [0.717, 1.165) is 11.8 Å². The minimum absolute atomic E-state index is 0.101. The van der Waals surface area contributed by atoms with Gasteiger partial charge in [0.2, 0.25) is 5.91 Å². The third-order valence-corrected chi connectivity index (χ3v) is 8.68. The second-order valence-electron chi connectivity index (χ2n) is 9.59. The maximum absolute atomic E-state index is 14.0. The first-order valence-electron chi connectivity index (χ1n) is 12.8. The number of thioether (sulfide) groups is 1. The molecule has 42 heavy (non-hydrogen) atoms. The van der Waals surface area contributed by atoms with Gasteiger partial charge in [-0.3, -0.25) is 33.7 Å². The van der Waals surface area contributed by atoms with E-state index in [1.807, 2.05) is 18.2 Å². The molecule has 2 aliphatic rings. The predicted octanol–water partition coefficient (Wildman–Crippen LogP) is 4.90. The van der Waals surface area contributed by atoms with Crippen molar-refractivity contribution in [2.75, 3.05) is 21.7 Å². The van der Waals surface area contributed by atoms with Gasteiger partial charge in [0.15, 0.2) is 4.32 Å². The molecule has 0 spiro atoms. The van der Waals surface area contributed by atoms with E-state index >= 15 is 0 Å². The zero-order valence-electron chi connectivity index (χ0n) is 22.3. The Morgan fingerprint density at radius 1 is 0.952 bits per heavy atom. The number of amides is 3. The number of hydrogen-bond donors (Lipinski definition) is 1. The number of benzene rings is 3. The lowest BCUT2D eigenvalue weighted by atomic mass is 10.1. The van der Waals surface area contributed by atoms with Gasteiger partial charge in [0.1, 0.15) is 12.2 Å². The van der Waals surface area contributed by atoms with E-state index in [1.165, 1.54) is 14.5 Å². The Bertz CT molecular complexity index is 1910. The van der Waals surface area contributed by atoms with Gasteiger partial charge in [0, 0.05) is 23.3 Å². The van der Waals surface area contributed by atoms with E-state index in [4.69, 9.17) is 23.8 Å². The summed E-state index contributed by atoms with van der Waals surface area (Å²) in [6, 6.07) is 22.7. The van der Waals surface area contributed by atoms with Crippen LogP contribution in [-0.4, -0.2) is 38.0 Å². The first-order chi connectivity index (χ1) is 20.2. The van der Waals surface area contributed by atoms with Crippen LogP contribution in [0.5, 0.6) is 0 Å². The summed E-state index contributed by atoms with van der Waals surface area (Å²) in [6.07, 6.45) is 0. The van der Waals surface area contributed by atoms with Crippen molar-refractivity contribution in [1.29, 1.82) is 0 Å². The number of fused-ring (bicyclic) bond motifs is 1. The highest BCUT2D eigenvalue weighted by molar-refractivity contribution is 8.27. The fraction of sp³-hybridized carbons (Fsp3) is 0.100. The van der Waals surface area contributed by atoms with Gasteiger partial charge in [-0.25, -0.2) is 4.68 Å². The van der Waals surface area contributed by atoms with Gasteiger partial charge >= 0.3 is 0 Å². The number of para-hydroxylation sites is 2. The van der Waals surface area contributed by atoms with Crippen LogP contribution in [0.15, 0.2) is 88.6 Å². The quantitative estimate of drug-likeness (QED) is 0.253. The smallest absolute Gasteiger partial charge is 0.296 e. The van der Waals surface area contributed by atoms with Crippen molar-refractivity contribution < 1.29 is 14.4 Å². The molecule has 210 valence electrons. The molecule has 4 aromatic rings. The average Bonchev–Trinajstić information content (AvgIpc) is 3.49. The zero-order valence-corrected chi connectivity index (χ0v) is 24.7. The normalized spacial score (nSPS) is 16.4. The fourth-order valence-electron chi connectivity index (χ4n) is 5.09. The molecule has 0 aliphatic carbocycles. The monoisotopic (exact) mass is 615 g/mol. The fourth-order valence-corrected chi connectivity index (χ4v) is 6.62. The predicted molar refractivity (Wildman–Crippen MR) is 169 cm³/mol. The summed E-state index contributed by atoms with van der Waals surface area (Å²) in [4.78, 5) is 57.0. The second kappa shape index (κ2) is 10.8. The van der Waals surface area contributed by atoms with Gasteiger partial charge in [0.25, 0.3) is 17.4 Å². The van der Waals surface area contributed by atoms with E-state index in [1.54, 1.807) is 79.3 Å². The van der Waals surface area contributed by atoms with Gasteiger partial charge < -0.3 is 5.32 Å². The largest absolute Gasteiger partial charge is 0.324 e. The number of nitrogens with one attached hydrogen (secondary N) is 1. The SMILES string of the molecule is Cc1c(N2C(=O)C(=C3C(=O)N(CC(=O)Nc4cccc(Cl)c4)c4ccccc43)SC2=S)c(=O)n(-c2ccccc2)n1C. The molecule has 1 N–H and O–H groups in total. The lowest BCUT2D eigenvalue weighted by molar-refractivity contribution is -0.118. The summed E-state index contributed by atoms with van der Waals surface area (Å²) < 4.78 is 3.26. The molecule has 3 heterocycles. The molecule has 1 fully saturated rings. The van der Waals surface area contributed by atoms with Crippen molar-refractivity contribution in [3.63, 3.8) is 0 Å². The Labute approximate surface area is 255 Å². The standard InChI is InChI=1S/C30H22ClN5O4S2/c1-17-25(28(39)36(33(17)2)20-11-4-3-5-12-20)35-29(40)26(42-30(35)41)24-21-13-6-7-14-22(21)34(27(24)38)16-23(37)32-19-10-8-9-18(31)15-19/h3-15H,16H2,1-2H3,(H,32,37). The summed E-state index contributed by atoms with van der Waals surface area (Å²) in [5.74, 6) is -1.51. The molecule has 3 amide bonds. The minimum Gasteiger partial charge on any atom is -0.324 e. The number of rotatable bonds is 5. The molecule has 1 saturated heterocycles. The van der Waals surface area contributed by atoms with Crippen LogP contribution in [0.1, 0.15) is 11.3 Å². The Hall–Kier alpha value is -4.45. The number of carbonyl (C=O) groups is 3. The van der Waals surface area contributed by atoms with Crippen LogP contribution in [0.25, 0.3) is 11.3 Å². The Balaban J connectivity index is 1.37. The number of aromatic nitrogens is 2. The molecule has 0 unspecified atom stereocenters. The number of hydrogen-bond acceptors (Lipinski definition) is 6. The van der Waals surface area contributed by atoms with Gasteiger partial charge in [-0.2, -0.15) is 0 Å². The third-order valence-electron chi connectivity index (χ3n) is 7.08. The van der Waals surface area contributed by atoms with Crippen LogP contribution in [0.2, 0.25) is 5.02 Å².